The highest BCUT2D eigenvalue weighted by Gasteiger charge is 2.25. The van der Waals surface area contributed by atoms with Crippen molar-refractivity contribution in [3.8, 4) is 5.69 Å². The first-order valence-corrected chi connectivity index (χ1v) is 8.98. The number of carbonyl (C=O) groups excluding carboxylic acids is 1. The van der Waals surface area contributed by atoms with Gasteiger partial charge in [0.15, 0.2) is 0 Å². The van der Waals surface area contributed by atoms with Crippen LogP contribution in [0.2, 0.25) is 0 Å². The van der Waals surface area contributed by atoms with Gasteiger partial charge < -0.3 is 4.90 Å². The van der Waals surface area contributed by atoms with Crippen LogP contribution >= 0.6 is 11.8 Å². The zero-order valence-electron chi connectivity index (χ0n) is 13.6. The number of para-hydroxylation sites is 1. The van der Waals surface area contributed by atoms with Gasteiger partial charge in [0.1, 0.15) is 6.33 Å². The number of hydrogen-bond acceptors (Lipinski definition) is 4. The lowest BCUT2D eigenvalue weighted by Gasteiger charge is -2.34. The number of piperidine rings is 1. The number of likely N-dealkylation sites (tertiary alicyclic amines) is 1. The van der Waals surface area contributed by atoms with E-state index in [1.54, 1.807) is 11.0 Å². The molecule has 0 N–H and O–H groups in total. The van der Waals surface area contributed by atoms with Crippen molar-refractivity contribution >= 4 is 17.7 Å². The number of nitrogens with zero attached hydrogens (tertiary/aromatic N) is 4. The topological polar surface area (TPSA) is 51.0 Å². The third-order valence-electron chi connectivity index (χ3n) is 4.04. The van der Waals surface area contributed by atoms with Crippen molar-refractivity contribution in [3.63, 3.8) is 0 Å². The highest BCUT2D eigenvalue weighted by molar-refractivity contribution is 7.99. The molecule has 1 fully saturated rings. The van der Waals surface area contributed by atoms with Gasteiger partial charge in [-0.25, -0.2) is 9.67 Å². The number of rotatable bonds is 4. The van der Waals surface area contributed by atoms with E-state index in [4.69, 9.17) is 0 Å². The van der Waals surface area contributed by atoms with Gasteiger partial charge in [-0.2, -0.15) is 0 Å². The van der Waals surface area contributed by atoms with Gasteiger partial charge in [-0.1, -0.05) is 43.8 Å². The van der Waals surface area contributed by atoms with E-state index in [1.807, 2.05) is 35.2 Å². The Morgan fingerprint density at radius 1 is 1.22 bits per heavy atom. The van der Waals surface area contributed by atoms with Crippen LogP contribution in [0.5, 0.6) is 0 Å². The van der Waals surface area contributed by atoms with Crippen LogP contribution in [0, 0.1) is 11.8 Å². The number of hydrogen-bond donors (Lipinski definition) is 0. The largest absolute Gasteiger partial charge is 0.341 e. The lowest BCUT2D eigenvalue weighted by atomic mass is 9.92. The summed E-state index contributed by atoms with van der Waals surface area (Å²) in [6.07, 6.45) is 2.90. The predicted molar refractivity (Wildman–Crippen MR) is 91.6 cm³/mol. The molecule has 0 bridgehead atoms. The lowest BCUT2D eigenvalue weighted by Crippen LogP contribution is -2.43. The van der Waals surface area contributed by atoms with E-state index in [1.165, 1.54) is 18.2 Å². The molecule has 1 aliphatic rings. The minimum Gasteiger partial charge on any atom is -0.341 e. The van der Waals surface area contributed by atoms with Gasteiger partial charge >= 0.3 is 0 Å². The average molecular weight is 330 g/mol. The number of thioether (sulfide) groups is 1. The van der Waals surface area contributed by atoms with Crippen LogP contribution in [-0.4, -0.2) is 44.4 Å². The standard InChI is InChI=1S/C17H22N4OS/c1-13-8-14(2)10-20(9-13)16(22)11-23-17-18-12-21(19-17)15-6-4-3-5-7-15/h3-7,12-14H,8-11H2,1-2H3/t13-,14+. The molecule has 6 heteroatoms. The second-order valence-electron chi connectivity index (χ2n) is 6.34. The van der Waals surface area contributed by atoms with E-state index >= 15 is 0 Å². The highest BCUT2D eigenvalue weighted by Crippen LogP contribution is 2.22. The van der Waals surface area contributed by atoms with Crippen LogP contribution in [0.1, 0.15) is 20.3 Å². The average Bonchev–Trinajstić information content (AvgIpc) is 3.01. The molecule has 23 heavy (non-hydrogen) atoms. The molecule has 122 valence electrons. The number of aromatic nitrogens is 3. The van der Waals surface area contributed by atoms with Crippen molar-refractivity contribution in [1.82, 2.24) is 19.7 Å². The molecule has 1 amide bonds. The van der Waals surface area contributed by atoms with Gasteiger partial charge in [0.05, 0.1) is 11.4 Å². The summed E-state index contributed by atoms with van der Waals surface area (Å²) < 4.78 is 1.73. The molecule has 0 saturated carbocycles. The van der Waals surface area contributed by atoms with Crippen LogP contribution < -0.4 is 0 Å². The normalized spacial score (nSPS) is 21.4. The van der Waals surface area contributed by atoms with Crippen molar-refractivity contribution < 1.29 is 4.79 Å². The van der Waals surface area contributed by atoms with Crippen LogP contribution in [0.3, 0.4) is 0 Å². The molecule has 0 unspecified atom stereocenters. The Hall–Kier alpha value is -1.82. The molecule has 1 saturated heterocycles. The van der Waals surface area contributed by atoms with Crippen LogP contribution in [-0.2, 0) is 4.79 Å². The molecule has 1 aliphatic heterocycles. The predicted octanol–water partition coefficient (Wildman–Crippen LogP) is 2.86. The molecule has 0 aliphatic carbocycles. The molecule has 2 aromatic rings. The van der Waals surface area contributed by atoms with Crippen molar-refractivity contribution in [2.24, 2.45) is 11.8 Å². The Morgan fingerprint density at radius 3 is 2.61 bits per heavy atom. The number of benzene rings is 1. The maximum absolute atomic E-state index is 12.4. The fraction of sp³-hybridized carbons (Fsp3) is 0.471. The first-order chi connectivity index (χ1) is 11.1. The molecule has 1 aromatic heterocycles. The van der Waals surface area contributed by atoms with E-state index in [0.29, 0.717) is 22.7 Å². The van der Waals surface area contributed by atoms with E-state index < -0.39 is 0 Å². The molecule has 3 rings (SSSR count). The van der Waals surface area contributed by atoms with Gasteiger partial charge in [0.2, 0.25) is 11.1 Å². The molecule has 0 radical (unpaired) electrons. The summed E-state index contributed by atoms with van der Waals surface area (Å²) >= 11 is 1.41. The van der Waals surface area contributed by atoms with Gasteiger partial charge in [-0.3, -0.25) is 4.79 Å². The molecule has 2 heterocycles. The molecule has 1 aromatic carbocycles. The first kappa shape index (κ1) is 16.1. The van der Waals surface area contributed by atoms with E-state index in [0.717, 1.165) is 18.8 Å². The Morgan fingerprint density at radius 2 is 1.91 bits per heavy atom. The Balaban J connectivity index is 1.56. The maximum Gasteiger partial charge on any atom is 0.233 e. The van der Waals surface area contributed by atoms with Crippen molar-refractivity contribution in [1.29, 1.82) is 0 Å². The lowest BCUT2D eigenvalue weighted by molar-refractivity contribution is -0.130. The van der Waals surface area contributed by atoms with Crippen molar-refractivity contribution in [2.75, 3.05) is 18.8 Å². The van der Waals surface area contributed by atoms with Crippen molar-refractivity contribution in [3.05, 3.63) is 36.7 Å². The smallest absolute Gasteiger partial charge is 0.233 e. The van der Waals surface area contributed by atoms with Crippen molar-refractivity contribution in [2.45, 2.75) is 25.4 Å². The number of amides is 1. The van der Waals surface area contributed by atoms with Gasteiger partial charge in [0.25, 0.3) is 0 Å². The minimum atomic E-state index is 0.185. The fourth-order valence-electron chi connectivity index (χ4n) is 3.10. The maximum atomic E-state index is 12.4. The second kappa shape index (κ2) is 7.17. The first-order valence-electron chi connectivity index (χ1n) is 7.99. The third kappa shape index (κ3) is 4.13. The van der Waals surface area contributed by atoms with Gasteiger partial charge in [0, 0.05) is 13.1 Å². The molecular weight excluding hydrogens is 308 g/mol. The van der Waals surface area contributed by atoms with E-state index in [-0.39, 0.29) is 5.91 Å². The van der Waals surface area contributed by atoms with Crippen LogP contribution in [0.4, 0.5) is 0 Å². The molecule has 0 spiro atoms. The summed E-state index contributed by atoms with van der Waals surface area (Å²) in [5, 5.41) is 5.06. The Labute approximate surface area is 141 Å². The third-order valence-corrected chi connectivity index (χ3v) is 4.87. The van der Waals surface area contributed by atoms with E-state index in [9.17, 15) is 4.79 Å². The van der Waals surface area contributed by atoms with E-state index in [2.05, 4.69) is 23.9 Å². The molecule has 2 atom stereocenters. The van der Waals surface area contributed by atoms with Crippen LogP contribution in [0.15, 0.2) is 41.8 Å². The quantitative estimate of drug-likeness (QED) is 0.809. The van der Waals surface area contributed by atoms with Gasteiger partial charge in [-0.15, -0.1) is 5.10 Å². The second-order valence-corrected chi connectivity index (χ2v) is 7.28. The Bertz CT molecular complexity index is 648. The van der Waals surface area contributed by atoms with Gasteiger partial charge in [-0.05, 0) is 30.4 Å². The summed E-state index contributed by atoms with van der Waals surface area (Å²) in [6, 6.07) is 9.85. The molecule has 5 nitrogen and oxygen atoms in total. The minimum absolute atomic E-state index is 0.185. The monoisotopic (exact) mass is 330 g/mol. The van der Waals surface area contributed by atoms with Crippen LogP contribution in [0.25, 0.3) is 5.69 Å². The Kier molecular flexibility index (Phi) is 5.00. The zero-order chi connectivity index (χ0) is 16.2. The zero-order valence-corrected chi connectivity index (χ0v) is 14.4. The molecular formula is C17H22N4OS. The number of carbonyl (C=O) groups is 1. The summed E-state index contributed by atoms with van der Waals surface area (Å²) in [5.41, 5.74) is 0.969. The summed E-state index contributed by atoms with van der Waals surface area (Å²) in [7, 11) is 0. The SMILES string of the molecule is C[C@@H]1C[C@H](C)CN(C(=O)CSc2ncn(-c3ccccc3)n2)C1. The highest BCUT2D eigenvalue weighted by atomic mass is 32.2. The summed E-state index contributed by atoms with van der Waals surface area (Å²) in [5.74, 6) is 1.76. The fourth-order valence-corrected chi connectivity index (χ4v) is 3.81. The summed E-state index contributed by atoms with van der Waals surface area (Å²) in [4.78, 5) is 18.7. The summed E-state index contributed by atoms with van der Waals surface area (Å²) in [6.45, 7) is 6.17.